The lowest BCUT2D eigenvalue weighted by atomic mass is 9.75. The molecule has 1 aromatic heterocycles. The molecule has 1 heterocycles. The van der Waals surface area contributed by atoms with Crippen LogP contribution in [0.2, 0.25) is 0 Å². The van der Waals surface area contributed by atoms with Gasteiger partial charge >= 0.3 is 0 Å². The first kappa shape index (κ1) is 13.3. The topological polar surface area (TPSA) is 50.2 Å². The number of benzene rings is 1. The van der Waals surface area contributed by atoms with Crippen molar-refractivity contribution in [3.63, 3.8) is 0 Å². The van der Waals surface area contributed by atoms with Crippen molar-refractivity contribution < 1.29 is 9.90 Å². The summed E-state index contributed by atoms with van der Waals surface area (Å²) < 4.78 is 0. The molecule has 0 atom stereocenters. The molecule has 104 valence electrons. The molecular weight excluding hydrogens is 250 g/mol. The zero-order valence-electron chi connectivity index (χ0n) is 11.7. The number of aromatic nitrogens is 1. The lowest BCUT2D eigenvalue weighted by Crippen LogP contribution is -2.42. The molecule has 1 aliphatic rings. The number of carbonyl (C=O) groups is 1. The molecule has 0 amide bonds. The number of Topliss-reactive ketones (excluding diaryl/α,β-unsaturated/α-hetero) is 1. The molecule has 3 nitrogen and oxygen atoms in total. The third kappa shape index (κ3) is 2.22. The van der Waals surface area contributed by atoms with Crippen molar-refractivity contribution in [3.8, 4) is 0 Å². The average molecular weight is 269 g/mol. The molecule has 1 aromatic carbocycles. The van der Waals surface area contributed by atoms with E-state index >= 15 is 0 Å². The highest BCUT2D eigenvalue weighted by atomic mass is 16.3. The molecule has 20 heavy (non-hydrogen) atoms. The molecule has 0 saturated heterocycles. The smallest absolute Gasteiger partial charge is 0.196 e. The summed E-state index contributed by atoms with van der Waals surface area (Å²) in [6, 6.07) is 7.69. The summed E-state index contributed by atoms with van der Waals surface area (Å²) in [7, 11) is 0. The first-order valence-electron chi connectivity index (χ1n) is 7.20. The van der Waals surface area contributed by atoms with Gasteiger partial charge in [0.05, 0.1) is 0 Å². The van der Waals surface area contributed by atoms with Gasteiger partial charge in [-0.3, -0.25) is 9.78 Å². The van der Waals surface area contributed by atoms with Crippen LogP contribution in [-0.2, 0) is 0 Å². The van der Waals surface area contributed by atoms with Crippen molar-refractivity contribution in [3.05, 3.63) is 42.2 Å². The Morgan fingerprint density at radius 1 is 1.25 bits per heavy atom. The van der Waals surface area contributed by atoms with Gasteiger partial charge < -0.3 is 5.11 Å². The van der Waals surface area contributed by atoms with Crippen molar-refractivity contribution in [2.45, 2.75) is 38.2 Å². The van der Waals surface area contributed by atoms with E-state index in [9.17, 15) is 9.90 Å². The van der Waals surface area contributed by atoms with E-state index in [1.54, 1.807) is 12.4 Å². The summed E-state index contributed by atoms with van der Waals surface area (Å²) in [5, 5.41) is 12.5. The number of ketones is 1. The van der Waals surface area contributed by atoms with Gasteiger partial charge in [0, 0.05) is 23.3 Å². The maximum absolute atomic E-state index is 12.8. The lowest BCUT2D eigenvalue weighted by Gasteiger charge is -2.33. The van der Waals surface area contributed by atoms with E-state index in [1.807, 2.05) is 24.3 Å². The Labute approximate surface area is 118 Å². The highest BCUT2D eigenvalue weighted by Crippen LogP contribution is 2.35. The predicted octanol–water partition coefficient (Wildman–Crippen LogP) is 3.36. The summed E-state index contributed by atoms with van der Waals surface area (Å²) in [5.41, 5.74) is -0.668. The number of nitrogens with zero attached hydrogens (tertiary/aromatic N) is 1. The maximum Gasteiger partial charge on any atom is 0.196 e. The van der Waals surface area contributed by atoms with Crippen LogP contribution in [0.5, 0.6) is 0 Å². The number of hydrogen-bond acceptors (Lipinski definition) is 3. The number of carbonyl (C=O) groups excluding carboxylic acids is 1. The van der Waals surface area contributed by atoms with Crippen LogP contribution in [0.3, 0.4) is 0 Å². The molecule has 1 N–H and O–H groups in total. The molecule has 0 aliphatic heterocycles. The van der Waals surface area contributed by atoms with E-state index in [2.05, 4.69) is 11.9 Å². The summed E-state index contributed by atoms with van der Waals surface area (Å²) in [5.74, 6) is 0.419. The molecule has 0 bridgehead atoms. The molecule has 3 rings (SSSR count). The highest BCUT2D eigenvalue weighted by molar-refractivity contribution is 6.11. The van der Waals surface area contributed by atoms with Gasteiger partial charge in [-0.2, -0.15) is 0 Å². The van der Waals surface area contributed by atoms with Crippen LogP contribution in [0.1, 0.15) is 43.0 Å². The molecular formula is C17H19NO2. The van der Waals surface area contributed by atoms with Gasteiger partial charge in [0.1, 0.15) is 5.60 Å². The summed E-state index contributed by atoms with van der Waals surface area (Å²) in [4.78, 5) is 16.9. The molecule has 1 aliphatic carbocycles. The lowest BCUT2D eigenvalue weighted by molar-refractivity contribution is 0.00438. The maximum atomic E-state index is 12.8. The van der Waals surface area contributed by atoms with E-state index in [1.165, 1.54) is 0 Å². The van der Waals surface area contributed by atoms with Crippen LogP contribution >= 0.6 is 0 Å². The molecule has 1 fully saturated rings. The Balaban J connectivity index is 2.01. The van der Waals surface area contributed by atoms with Crippen LogP contribution in [0.15, 0.2) is 36.7 Å². The van der Waals surface area contributed by atoms with Gasteiger partial charge in [-0.25, -0.2) is 0 Å². The van der Waals surface area contributed by atoms with Crippen LogP contribution in [0, 0.1) is 5.92 Å². The number of aliphatic hydroxyl groups is 1. The quantitative estimate of drug-likeness (QED) is 0.850. The van der Waals surface area contributed by atoms with Crippen LogP contribution in [0.4, 0.5) is 0 Å². The van der Waals surface area contributed by atoms with Gasteiger partial charge in [-0.1, -0.05) is 31.2 Å². The van der Waals surface area contributed by atoms with Crippen molar-refractivity contribution in [2.24, 2.45) is 5.92 Å². The summed E-state index contributed by atoms with van der Waals surface area (Å²) in [6.07, 6.45) is 6.24. The fraction of sp³-hybridized carbons (Fsp3) is 0.412. The predicted molar refractivity (Wildman–Crippen MR) is 78.7 cm³/mol. The van der Waals surface area contributed by atoms with Gasteiger partial charge in [0.15, 0.2) is 5.78 Å². The van der Waals surface area contributed by atoms with E-state index in [0.29, 0.717) is 24.3 Å². The summed E-state index contributed by atoms with van der Waals surface area (Å²) in [6.45, 7) is 2.17. The third-order valence-corrected chi connectivity index (χ3v) is 4.44. The van der Waals surface area contributed by atoms with E-state index < -0.39 is 5.60 Å². The first-order valence-corrected chi connectivity index (χ1v) is 7.20. The Bertz CT molecular complexity index is 637. The monoisotopic (exact) mass is 269 g/mol. The fourth-order valence-electron chi connectivity index (χ4n) is 3.01. The van der Waals surface area contributed by atoms with Crippen molar-refractivity contribution >= 4 is 16.6 Å². The molecule has 0 spiro atoms. The van der Waals surface area contributed by atoms with Crippen molar-refractivity contribution in [1.29, 1.82) is 0 Å². The van der Waals surface area contributed by atoms with Gasteiger partial charge in [0.2, 0.25) is 0 Å². The van der Waals surface area contributed by atoms with Crippen molar-refractivity contribution in [1.82, 2.24) is 4.98 Å². The second kappa shape index (κ2) is 4.98. The van der Waals surface area contributed by atoms with Crippen molar-refractivity contribution in [2.75, 3.05) is 0 Å². The van der Waals surface area contributed by atoms with Gasteiger partial charge in [0.25, 0.3) is 0 Å². The Morgan fingerprint density at radius 2 is 1.95 bits per heavy atom. The minimum Gasteiger partial charge on any atom is -0.382 e. The van der Waals surface area contributed by atoms with Crippen LogP contribution in [0.25, 0.3) is 10.8 Å². The zero-order chi connectivity index (χ0) is 14.2. The molecule has 3 heteroatoms. The second-order valence-corrected chi connectivity index (χ2v) is 5.95. The first-order chi connectivity index (χ1) is 9.60. The Kier molecular flexibility index (Phi) is 3.30. The van der Waals surface area contributed by atoms with E-state index in [0.717, 1.165) is 23.6 Å². The SMILES string of the molecule is CC1CCC(O)(C(=O)c2cncc3ccccc23)CC1. The molecule has 1 saturated carbocycles. The Morgan fingerprint density at radius 3 is 2.70 bits per heavy atom. The van der Waals surface area contributed by atoms with Crippen LogP contribution in [-0.4, -0.2) is 21.5 Å². The zero-order valence-corrected chi connectivity index (χ0v) is 11.7. The second-order valence-electron chi connectivity index (χ2n) is 5.95. The number of hydrogen-bond donors (Lipinski definition) is 1. The Hall–Kier alpha value is -1.74. The standard InChI is InChI=1S/C17H19NO2/c1-12-6-8-17(20,9-7-12)16(19)15-11-18-10-13-4-2-3-5-14(13)15/h2-5,10-12,20H,6-9H2,1H3. The third-order valence-electron chi connectivity index (χ3n) is 4.44. The normalized spacial score (nSPS) is 26.6. The number of pyridine rings is 1. The van der Waals surface area contributed by atoms with E-state index in [4.69, 9.17) is 0 Å². The minimum atomic E-state index is -1.21. The van der Waals surface area contributed by atoms with E-state index in [-0.39, 0.29) is 5.78 Å². The fourth-order valence-corrected chi connectivity index (χ4v) is 3.01. The van der Waals surface area contributed by atoms with Gasteiger partial charge in [-0.15, -0.1) is 0 Å². The van der Waals surface area contributed by atoms with Crippen LogP contribution < -0.4 is 0 Å². The number of fused-ring (bicyclic) bond motifs is 1. The average Bonchev–Trinajstić information content (AvgIpc) is 2.49. The summed E-state index contributed by atoms with van der Waals surface area (Å²) >= 11 is 0. The van der Waals surface area contributed by atoms with Gasteiger partial charge in [-0.05, 0) is 37.0 Å². The minimum absolute atomic E-state index is 0.172. The molecule has 2 aromatic rings. The largest absolute Gasteiger partial charge is 0.382 e. The highest BCUT2D eigenvalue weighted by Gasteiger charge is 2.39. The number of rotatable bonds is 2. The molecule has 0 radical (unpaired) electrons. The molecule has 0 unspecified atom stereocenters.